The Morgan fingerprint density at radius 1 is 0.615 bits per heavy atom. The molecule has 0 aliphatic rings. The molecule has 0 N–H and O–H groups in total. The number of pyridine rings is 3. The summed E-state index contributed by atoms with van der Waals surface area (Å²) in [5.74, 6) is 1.26. The van der Waals surface area contributed by atoms with Crippen molar-refractivity contribution < 1.29 is 20.9 Å². The Hall–Kier alpha value is -4.97. The lowest BCUT2D eigenvalue weighted by molar-refractivity contribution is -0.128. The molecule has 0 fully saturated rings. The predicted octanol–water partition coefficient (Wildman–Crippen LogP) is 5.94. The van der Waals surface area contributed by atoms with Crippen molar-refractivity contribution in [3.8, 4) is 23.0 Å². The third-order valence-electron chi connectivity index (χ3n) is 5.93. The summed E-state index contributed by atoms with van der Waals surface area (Å²) in [6.07, 6.45) is 6.16. The van der Waals surface area contributed by atoms with E-state index in [9.17, 15) is 4.79 Å². The lowest BCUT2D eigenvalue weighted by Crippen LogP contribution is -2.37. The largest absolute Gasteiger partial charge is 1.20 e. The van der Waals surface area contributed by atoms with E-state index in [1.165, 1.54) is 0 Å². The van der Waals surface area contributed by atoms with Crippen LogP contribution in [-0.4, -0.2) is 36.1 Å². The SMILES string of the molecule is C=CC(=O)Oc1ccc([O][Al]([O]c2cccc3cccnc23)[O]c2cccc3cccnc23)c2ncccc12. The average Bonchev–Trinajstić information content (AvgIpc) is 2.98. The molecule has 0 atom stereocenters. The molecule has 6 rings (SSSR count). The van der Waals surface area contributed by atoms with Gasteiger partial charge in [-0.25, -0.2) is 4.79 Å². The maximum atomic E-state index is 11.9. The minimum absolute atomic E-state index is 0.340. The Morgan fingerprint density at radius 2 is 1.10 bits per heavy atom. The fourth-order valence-corrected chi connectivity index (χ4v) is 5.52. The number of rotatable bonds is 8. The zero-order valence-electron chi connectivity index (χ0n) is 20.6. The van der Waals surface area contributed by atoms with Gasteiger partial charge in [0.2, 0.25) is 0 Å². The van der Waals surface area contributed by atoms with Crippen LogP contribution in [0.5, 0.6) is 23.0 Å². The summed E-state index contributed by atoms with van der Waals surface area (Å²) in [4.78, 5) is 25.4. The maximum Gasteiger partial charge on any atom is 1.20 e. The molecule has 0 saturated heterocycles. The quantitative estimate of drug-likeness (QED) is 0.103. The number of carbonyl (C=O) groups is 1. The molecular formula is C30H20AlN3O5. The van der Waals surface area contributed by atoms with E-state index in [0.29, 0.717) is 44.9 Å². The van der Waals surface area contributed by atoms with Gasteiger partial charge in [0, 0.05) is 40.8 Å². The van der Waals surface area contributed by atoms with Crippen LogP contribution in [-0.2, 0) is 4.79 Å². The number of aromatic nitrogens is 3. The second-order valence-electron chi connectivity index (χ2n) is 8.39. The van der Waals surface area contributed by atoms with Gasteiger partial charge in [-0.2, -0.15) is 0 Å². The fourth-order valence-electron chi connectivity index (χ4n) is 4.18. The van der Waals surface area contributed by atoms with Crippen LogP contribution < -0.4 is 16.1 Å². The van der Waals surface area contributed by atoms with Crippen LogP contribution in [0.25, 0.3) is 32.7 Å². The summed E-state index contributed by atoms with van der Waals surface area (Å²) in [5, 5.41) is 2.45. The zero-order chi connectivity index (χ0) is 26.6. The molecule has 39 heavy (non-hydrogen) atoms. The van der Waals surface area contributed by atoms with Gasteiger partial charge < -0.3 is 16.1 Å². The highest BCUT2D eigenvalue weighted by Gasteiger charge is 2.46. The van der Waals surface area contributed by atoms with Gasteiger partial charge in [0.1, 0.15) is 39.5 Å². The summed E-state index contributed by atoms with van der Waals surface area (Å²) in [5.41, 5.74) is 1.87. The minimum atomic E-state index is -3.03. The molecule has 0 bridgehead atoms. The molecule has 0 radical (unpaired) electrons. The molecule has 9 heteroatoms. The van der Waals surface area contributed by atoms with Gasteiger partial charge in [0.25, 0.3) is 0 Å². The first-order valence-electron chi connectivity index (χ1n) is 12.1. The molecular weight excluding hydrogens is 509 g/mol. The van der Waals surface area contributed by atoms with Crippen molar-refractivity contribution in [1.29, 1.82) is 0 Å². The van der Waals surface area contributed by atoms with E-state index < -0.39 is 21.1 Å². The number of hydrogen-bond acceptors (Lipinski definition) is 8. The highest BCUT2D eigenvalue weighted by Crippen LogP contribution is 2.33. The molecule has 0 unspecified atom stereocenters. The monoisotopic (exact) mass is 529 g/mol. The minimum Gasteiger partial charge on any atom is -0.576 e. The standard InChI is InChI=1S/C12H9NO3.2C9H7NO.Al/c1-2-11(15)16-10-6-5-9(14)12-8(10)4-3-7-13-12;2*11-8-5-1-3-7-4-2-6-10-9(7)8;/h2-7,14H,1H2;2*1-6,11H;/q;;;+3/p-3. The molecule has 3 aromatic heterocycles. The Kier molecular flexibility index (Phi) is 6.75. The summed E-state index contributed by atoms with van der Waals surface area (Å²) >= 11 is -3.03. The number of carbonyl (C=O) groups excluding carboxylic acids is 1. The smallest absolute Gasteiger partial charge is 0.576 e. The van der Waals surface area contributed by atoms with E-state index in [4.69, 9.17) is 16.1 Å². The molecule has 0 spiro atoms. The lowest BCUT2D eigenvalue weighted by atomic mass is 10.2. The average molecular weight is 529 g/mol. The van der Waals surface area contributed by atoms with Gasteiger partial charge in [-0.1, -0.05) is 43.0 Å². The van der Waals surface area contributed by atoms with Crippen molar-refractivity contribution in [2.24, 2.45) is 0 Å². The first kappa shape index (κ1) is 24.4. The first-order valence-corrected chi connectivity index (χ1v) is 13.5. The van der Waals surface area contributed by atoms with Crippen molar-refractivity contribution in [2.45, 2.75) is 0 Å². The Bertz CT molecular complexity index is 1750. The van der Waals surface area contributed by atoms with Gasteiger partial charge in [-0.05, 0) is 48.5 Å². The third kappa shape index (κ3) is 5.09. The summed E-state index contributed by atoms with van der Waals surface area (Å²) in [7, 11) is 0. The second kappa shape index (κ2) is 10.8. The Balaban J connectivity index is 1.42. The van der Waals surface area contributed by atoms with E-state index in [1.807, 2.05) is 60.7 Å². The zero-order valence-corrected chi connectivity index (χ0v) is 21.7. The normalized spacial score (nSPS) is 10.8. The number of benzene rings is 3. The van der Waals surface area contributed by atoms with Crippen LogP contribution in [0.15, 0.2) is 116 Å². The number of hydrogen-bond donors (Lipinski definition) is 0. The Labute approximate surface area is 228 Å². The molecule has 3 aromatic carbocycles. The highest BCUT2D eigenvalue weighted by molar-refractivity contribution is 6.40. The number of para-hydroxylation sites is 2. The highest BCUT2D eigenvalue weighted by atomic mass is 27.3. The van der Waals surface area contributed by atoms with Crippen molar-refractivity contribution in [3.63, 3.8) is 0 Å². The van der Waals surface area contributed by atoms with Crippen LogP contribution in [0.3, 0.4) is 0 Å². The van der Waals surface area contributed by atoms with Crippen molar-refractivity contribution >= 4 is 53.8 Å². The molecule has 0 saturated carbocycles. The number of nitrogens with zero attached hydrogens (tertiary/aromatic N) is 3. The molecule has 188 valence electrons. The molecule has 0 aliphatic heterocycles. The predicted molar refractivity (Wildman–Crippen MR) is 149 cm³/mol. The van der Waals surface area contributed by atoms with Gasteiger partial charge in [-0.3, -0.25) is 15.0 Å². The van der Waals surface area contributed by atoms with Crippen molar-refractivity contribution in [3.05, 3.63) is 116 Å². The van der Waals surface area contributed by atoms with Gasteiger partial charge in [0.05, 0.1) is 0 Å². The lowest BCUT2D eigenvalue weighted by Gasteiger charge is -2.19. The van der Waals surface area contributed by atoms with Crippen LogP contribution in [0.4, 0.5) is 0 Å². The van der Waals surface area contributed by atoms with Gasteiger partial charge >= 0.3 is 21.1 Å². The van der Waals surface area contributed by atoms with E-state index in [1.54, 1.807) is 42.9 Å². The summed E-state index contributed by atoms with van der Waals surface area (Å²) in [6, 6.07) is 25.9. The van der Waals surface area contributed by atoms with Crippen LogP contribution in [0.1, 0.15) is 0 Å². The number of fused-ring (bicyclic) bond motifs is 3. The van der Waals surface area contributed by atoms with E-state index >= 15 is 0 Å². The molecule has 8 nitrogen and oxygen atoms in total. The molecule has 0 amide bonds. The van der Waals surface area contributed by atoms with Crippen LogP contribution >= 0.6 is 0 Å². The van der Waals surface area contributed by atoms with Crippen molar-refractivity contribution in [2.75, 3.05) is 0 Å². The first-order chi connectivity index (χ1) is 19.2. The van der Waals surface area contributed by atoms with E-state index in [-0.39, 0.29) is 0 Å². The summed E-state index contributed by atoms with van der Waals surface area (Å²) < 4.78 is 24.7. The van der Waals surface area contributed by atoms with Crippen molar-refractivity contribution in [1.82, 2.24) is 15.0 Å². The van der Waals surface area contributed by atoms with Crippen LogP contribution in [0.2, 0.25) is 0 Å². The third-order valence-corrected chi connectivity index (χ3v) is 7.27. The van der Waals surface area contributed by atoms with E-state index in [0.717, 1.165) is 16.8 Å². The molecule has 0 aliphatic carbocycles. The molecule has 3 heterocycles. The second-order valence-corrected chi connectivity index (χ2v) is 9.68. The maximum absolute atomic E-state index is 11.9. The number of ether oxygens (including phenoxy) is 1. The number of esters is 1. The van der Waals surface area contributed by atoms with Gasteiger partial charge in [0.15, 0.2) is 0 Å². The van der Waals surface area contributed by atoms with E-state index in [2.05, 4.69) is 21.5 Å². The topological polar surface area (TPSA) is 92.7 Å². The van der Waals surface area contributed by atoms with Gasteiger partial charge in [-0.15, -0.1) is 0 Å². The Morgan fingerprint density at radius 3 is 1.69 bits per heavy atom. The summed E-state index contributed by atoms with van der Waals surface area (Å²) in [6.45, 7) is 3.46. The van der Waals surface area contributed by atoms with Crippen LogP contribution in [0, 0.1) is 0 Å². The molecule has 6 aromatic rings. The fraction of sp³-hybridized carbons (Fsp3) is 0.